The lowest BCUT2D eigenvalue weighted by molar-refractivity contribution is -0.137. The maximum absolute atomic E-state index is 13.3. The second-order valence-electron chi connectivity index (χ2n) is 8.49. The van der Waals surface area contributed by atoms with E-state index in [0.717, 1.165) is 31.4 Å². The largest absolute Gasteiger partial charge is 0.492 e. The molecule has 0 radical (unpaired) electrons. The molecule has 1 aliphatic heterocycles. The average Bonchev–Trinajstić information content (AvgIpc) is 3.60. The van der Waals surface area contributed by atoms with Crippen molar-refractivity contribution in [1.82, 2.24) is 9.88 Å². The Bertz CT molecular complexity index is 1190. The maximum Gasteiger partial charge on any atom is 0.417 e. The van der Waals surface area contributed by atoms with Gasteiger partial charge in [0.05, 0.1) is 27.7 Å². The summed E-state index contributed by atoms with van der Waals surface area (Å²) in [7, 11) is -3.53. The summed E-state index contributed by atoms with van der Waals surface area (Å²) >= 11 is 6.05. The minimum Gasteiger partial charge on any atom is -0.492 e. The van der Waals surface area contributed by atoms with Crippen molar-refractivity contribution >= 4 is 33.2 Å². The number of carbonyl (C=O) groups excluding carboxylic acids is 1. The molecule has 2 aromatic rings. The van der Waals surface area contributed by atoms with E-state index in [1.54, 1.807) is 9.80 Å². The average molecular weight is 518 g/mol. The van der Waals surface area contributed by atoms with Gasteiger partial charge in [0.1, 0.15) is 11.6 Å². The van der Waals surface area contributed by atoms with Crippen LogP contribution in [0.2, 0.25) is 5.02 Å². The normalized spacial score (nSPS) is 17.1. The van der Waals surface area contributed by atoms with Crippen molar-refractivity contribution in [1.29, 1.82) is 0 Å². The maximum atomic E-state index is 13.3. The van der Waals surface area contributed by atoms with Crippen LogP contribution in [-0.2, 0) is 16.0 Å². The molecule has 1 aliphatic carbocycles. The molecule has 2 fully saturated rings. The van der Waals surface area contributed by atoms with Crippen molar-refractivity contribution in [3.8, 4) is 5.75 Å². The zero-order valence-corrected chi connectivity index (χ0v) is 19.9. The van der Waals surface area contributed by atoms with Crippen LogP contribution in [0.4, 0.5) is 19.0 Å². The fraction of sp³-hybridized carbons (Fsp3) is 0.455. The van der Waals surface area contributed by atoms with Crippen molar-refractivity contribution in [2.45, 2.75) is 23.9 Å². The Hall–Kier alpha value is -2.53. The number of hydrogen-bond donors (Lipinski definition) is 0. The molecule has 1 saturated carbocycles. The molecule has 1 saturated heterocycles. The van der Waals surface area contributed by atoms with Gasteiger partial charge in [0.25, 0.3) is 5.91 Å². The Kier molecular flexibility index (Phi) is 6.69. The van der Waals surface area contributed by atoms with Gasteiger partial charge in [-0.05, 0) is 43.0 Å². The number of amides is 1. The summed E-state index contributed by atoms with van der Waals surface area (Å²) in [6.45, 7) is 1.57. The molecule has 1 aromatic heterocycles. The van der Waals surface area contributed by atoms with Gasteiger partial charge in [-0.25, -0.2) is 13.4 Å². The summed E-state index contributed by atoms with van der Waals surface area (Å²) in [4.78, 5) is 20.5. The fourth-order valence-electron chi connectivity index (χ4n) is 3.63. The second-order valence-corrected chi connectivity index (χ2v) is 10.9. The van der Waals surface area contributed by atoms with E-state index in [-0.39, 0.29) is 40.3 Å². The summed E-state index contributed by atoms with van der Waals surface area (Å²) in [5.74, 6) is 0.623. The first kappa shape index (κ1) is 24.6. The van der Waals surface area contributed by atoms with Crippen molar-refractivity contribution in [2.24, 2.45) is 5.92 Å². The lowest BCUT2D eigenvalue weighted by Gasteiger charge is -2.36. The fourth-order valence-corrected chi connectivity index (χ4v) is 4.57. The molecule has 1 amide bonds. The number of alkyl halides is 3. The predicted molar refractivity (Wildman–Crippen MR) is 120 cm³/mol. The predicted octanol–water partition coefficient (Wildman–Crippen LogP) is 3.91. The Balaban J connectivity index is 1.49. The smallest absolute Gasteiger partial charge is 0.417 e. The zero-order valence-electron chi connectivity index (χ0n) is 18.3. The number of piperazine rings is 1. The van der Waals surface area contributed by atoms with Gasteiger partial charge in [0.15, 0.2) is 9.84 Å². The molecule has 0 bridgehead atoms. The van der Waals surface area contributed by atoms with E-state index in [1.165, 1.54) is 18.2 Å². The van der Waals surface area contributed by atoms with Crippen LogP contribution < -0.4 is 9.64 Å². The number of carbonyl (C=O) groups is 1. The third-order valence-electron chi connectivity index (χ3n) is 5.80. The third-order valence-corrected chi connectivity index (χ3v) is 7.18. The number of nitrogens with zero attached hydrogens (tertiary/aromatic N) is 3. The number of sulfone groups is 1. The number of aromatic nitrogens is 1. The molecule has 12 heteroatoms. The van der Waals surface area contributed by atoms with E-state index in [2.05, 4.69) is 4.98 Å². The number of benzene rings is 1. The van der Waals surface area contributed by atoms with E-state index in [0.29, 0.717) is 31.4 Å². The first-order valence-corrected chi connectivity index (χ1v) is 12.9. The lowest BCUT2D eigenvalue weighted by Crippen LogP contribution is -2.49. The second kappa shape index (κ2) is 9.26. The van der Waals surface area contributed by atoms with E-state index < -0.39 is 21.6 Å². The number of anilines is 1. The van der Waals surface area contributed by atoms with Crippen molar-refractivity contribution in [3.63, 3.8) is 0 Å². The molecular formula is C22H23ClF3N3O4S. The number of rotatable bonds is 6. The molecule has 34 heavy (non-hydrogen) atoms. The number of ether oxygens (including phenoxy) is 1. The highest BCUT2D eigenvalue weighted by Gasteiger charge is 2.33. The third kappa shape index (κ3) is 5.57. The molecule has 7 nitrogen and oxygen atoms in total. The van der Waals surface area contributed by atoms with Gasteiger partial charge < -0.3 is 14.5 Å². The van der Waals surface area contributed by atoms with Gasteiger partial charge in [0, 0.05) is 38.6 Å². The van der Waals surface area contributed by atoms with Crippen LogP contribution in [0.25, 0.3) is 0 Å². The quantitative estimate of drug-likeness (QED) is 0.578. The molecule has 0 N–H and O–H groups in total. The van der Waals surface area contributed by atoms with Crippen LogP contribution in [-0.4, -0.2) is 63.3 Å². The van der Waals surface area contributed by atoms with E-state index >= 15 is 0 Å². The Morgan fingerprint density at radius 1 is 1.18 bits per heavy atom. The summed E-state index contributed by atoms with van der Waals surface area (Å²) < 4.78 is 68.5. The summed E-state index contributed by atoms with van der Waals surface area (Å²) in [6.07, 6.45) is -0.611. The minimum atomic E-state index is -4.54. The lowest BCUT2D eigenvalue weighted by atomic mass is 10.1. The number of halogens is 4. The molecule has 1 aromatic carbocycles. The highest BCUT2D eigenvalue weighted by Crippen LogP contribution is 2.34. The highest BCUT2D eigenvalue weighted by atomic mass is 35.5. The van der Waals surface area contributed by atoms with Crippen LogP contribution in [0.3, 0.4) is 0 Å². The van der Waals surface area contributed by atoms with Crippen LogP contribution in [0.1, 0.15) is 28.8 Å². The van der Waals surface area contributed by atoms with Gasteiger partial charge in [-0.15, -0.1) is 0 Å². The first-order valence-electron chi connectivity index (χ1n) is 10.7. The minimum absolute atomic E-state index is 0.0222. The monoisotopic (exact) mass is 517 g/mol. The molecule has 0 spiro atoms. The molecule has 0 unspecified atom stereocenters. The van der Waals surface area contributed by atoms with Gasteiger partial charge in [-0.2, -0.15) is 13.2 Å². The van der Waals surface area contributed by atoms with Gasteiger partial charge in [-0.1, -0.05) is 11.6 Å². The van der Waals surface area contributed by atoms with Gasteiger partial charge in [0.2, 0.25) is 0 Å². The molecule has 2 heterocycles. The van der Waals surface area contributed by atoms with Crippen molar-refractivity contribution in [3.05, 3.63) is 46.6 Å². The zero-order chi connectivity index (χ0) is 24.7. The van der Waals surface area contributed by atoms with Crippen molar-refractivity contribution in [2.75, 3.05) is 43.9 Å². The summed E-state index contributed by atoms with van der Waals surface area (Å²) in [6, 6.07) is 5.10. The van der Waals surface area contributed by atoms with Crippen LogP contribution in [0, 0.1) is 5.92 Å². The molecule has 184 valence electrons. The standard InChI is InChI=1S/C22H23ClF3N3O4S/c1-34(31,32)16-4-5-19(33-13-14-2-3-14)17(11-16)21(30)29-8-6-28(7-9-29)20-18(23)10-15(12-27-20)22(24,25)26/h4-5,10-12,14H,2-3,6-9,13H2,1H3. The van der Waals surface area contributed by atoms with E-state index in [9.17, 15) is 26.4 Å². The Labute approximate surface area is 200 Å². The number of pyridine rings is 1. The Morgan fingerprint density at radius 2 is 1.85 bits per heavy atom. The molecular weight excluding hydrogens is 495 g/mol. The van der Waals surface area contributed by atoms with Crippen molar-refractivity contribution < 1.29 is 31.1 Å². The molecule has 0 atom stereocenters. The van der Waals surface area contributed by atoms with E-state index in [4.69, 9.17) is 16.3 Å². The number of hydrogen-bond acceptors (Lipinski definition) is 6. The summed E-state index contributed by atoms with van der Waals surface area (Å²) in [5, 5.41) is -0.119. The van der Waals surface area contributed by atoms with Crippen LogP contribution in [0.15, 0.2) is 35.4 Å². The topological polar surface area (TPSA) is 79.8 Å². The van der Waals surface area contributed by atoms with Gasteiger partial charge >= 0.3 is 6.18 Å². The SMILES string of the molecule is CS(=O)(=O)c1ccc(OCC2CC2)c(C(=O)N2CCN(c3ncc(C(F)(F)F)cc3Cl)CC2)c1. The van der Waals surface area contributed by atoms with Gasteiger partial charge in [-0.3, -0.25) is 4.79 Å². The molecule has 4 rings (SSSR count). The van der Waals surface area contributed by atoms with E-state index in [1.807, 2.05) is 0 Å². The Morgan fingerprint density at radius 3 is 2.41 bits per heavy atom. The van der Waals surface area contributed by atoms with Crippen LogP contribution >= 0.6 is 11.6 Å². The first-order chi connectivity index (χ1) is 15.9. The summed E-state index contributed by atoms with van der Waals surface area (Å²) in [5.41, 5.74) is -0.762. The highest BCUT2D eigenvalue weighted by molar-refractivity contribution is 7.90. The van der Waals surface area contributed by atoms with Crippen LogP contribution in [0.5, 0.6) is 5.75 Å². The molecule has 2 aliphatic rings.